The molecule has 1 aromatic heterocycles. The Morgan fingerprint density at radius 1 is 1.30 bits per heavy atom. The monoisotopic (exact) mass is 272 g/mol. The van der Waals surface area contributed by atoms with Crippen LogP contribution < -0.4 is 5.32 Å². The van der Waals surface area contributed by atoms with Crippen molar-refractivity contribution in [3.05, 3.63) is 35.6 Å². The van der Waals surface area contributed by atoms with Crippen LogP contribution >= 0.6 is 0 Å². The molecule has 20 heavy (non-hydrogen) atoms. The van der Waals surface area contributed by atoms with E-state index in [2.05, 4.69) is 49.3 Å². The summed E-state index contributed by atoms with van der Waals surface area (Å²) in [4.78, 5) is 2.32. The number of rotatable bonds is 6. The van der Waals surface area contributed by atoms with Crippen LogP contribution in [0.4, 0.5) is 0 Å². The van der Waals surface area contributed by atoms with Crippen LogP contribution in [-0.4, -0.2) is 24.0 Å². The van der Waals surface area contributed by atoms with Crippen LogP contribution in [0.1, 0.15) is 38.0 Å². The highest BCUT2D eigenvalue weighted by molar-refractivity contribution is 5.82. The van der Waals surface area contributed by atoms with Crippen LogP contribution in [0.25, 0.3) is 11.0 Å². The number of benzene rings is 1. The van der Waals surface area contributed by atoms with E-state index in [1.165, 1.54) is 23.8 Å². The second-order valence-electron chi connectivity index (χ2n) is 6.16. The minimum atomic E-state index is 0.521. The maximum Gasteiger partial charge on any atom is 0.134 e. The normalized spacial score (nSPS) is 15.7. The highest BCUT2D eigenvalue weighted by Crippen LogP contribution is 2.28. The Morgan fingerprint density at radius 2 is 2.05 bits per heavy atom. The van der Waals surface area contributed by atoms with Crippen LogP contribution in [0.3, 0.4) is 0 Å². The zero-order valence-electron chi connectivity index (χ0n) is 12.6. The van der Waals surface area contributed by atoms with Crippen molar-refractivity contribution in [1.29, 1.82) is 0 Å². The van der Waals surface area contributed by atoms with Gasteiger partial charge in [0.15, 0.2) is 0 Å². The zero-order chi connectivity index (χ0) is 14.1. The van der Waals surface area contributed by atoms with Crippen molar-refractivity contribution < 1.29 is 4.42 Å². The first-order valence-corrected chi connectivity index (χ1v) is 7.58. The fourth-order valence-corrected chi connectivity index (χ4v) is 2.41. The quantitative estimate of drug-likeness (QED) is 0.872. The fourth-order valence-electron chi connectivity index (χ4n) is 2.41. The van der Waals surface area contributed by atoms with Crippen LogP contribution in [-0.2, 0) is 13.1 Å². The molecule has 0 atom stereocenters. The molecule has 0 spiro atoms. The van der Waals surface area contributed by atoms with Gasteiger partial charge in [0.1, 0.15) is 11.3 Å². The van der Waals surface area contributed by atoms with E-state index < -0.39 is 0 Å². The first kappa shape index (κ1) is 13.7. The molecule has 1 aliphatic carbocycles. The molecular weight excluding hydrogens is 248 g/mol. The molecule has 3 rings (SSSR count). The molecule has 1 aromatic carbocycles. The molecule has 3 nitrogen and oxygen atoms in total. The molecule has 0 unspecified atom stereocenters. The Bertz CT molecular complexity index is 584. The molecule has 0 amide bonds. The molecule has 1 N–H and O–H groups in total. The van der Waals surface area contributed by atoms with Gasteiger partial charge in [0.25, 0.3) is 0 Å². The second kappa shape index (κ2) is 5.58. The Labute approximate surface area is 120 Å². The standard InChI is InChI=1S/C17H24N2O/c1-12(2)19(3)11-17-15(10-18-13-8-9-13)14-6-4-5-7-16(14)20-17/h4-7,12-13,18H,8-11H2,1-3H3. The second-order valence-corrected chi connectivity index (χ2v) is 6.16. The summed E-state index contributed by atoms with van der Waals surface area (Å²) in [5.74, 6) is 1.11. The predicted molar refractivity (Wildman–Crippen MR) is 82.7 cm³/mol. The van der Waals surface area contributed by atoms with Gasteiger partial charge in [-0.2, -0.15) is 0 Å². The number of hydrogen-bond donors (Lipinski definition) is 1. The molecule has 2 aromatic rings. The van der Waals surface area contributed by atoms with Gasteiger partial charge >= 0.3 is 0 Å². The number of hydrogen-bond acceptors (Lipinski definition) is 3. The largest absolute Gasteiger partial charge is 0.459 e. The van der Waals surface area contributed by atoms with Gasteiger partial charge in [0.05, 0.1) is 6.54 Å². The van der Waals surface area contributed by atoms with Gasteiger partial charge in [-0.3, -0.25) is 4.90 Å². The summed E-state index contributed by atoms with van der Waals surface area (Å²) in [6.07, 6.45) is 2.63. The van der Waals surface area contributed by atoms with Crippen molar-refractivity contribution >= 4 is 11.0 Å². The van der Waals surface area contributed by atoms with Crippen LogP contribution in [0.5, 0.6) is 0 Å². The topological polar surface area (TPSA) is 28.4 Å². The Hall–Kier alpha value is -1.32. The number of fused-ring (bicyclic) bond motifs is 1. The summed E-state index contributed by atoms with van der Waals surface area (Å²) in [6, 6.07) is 9.61. The minimum absolute atomic E-state index is 0.521. The number of nitrogens with one attached hydrogen (secondary N) is 1. The van der Waals surface area contributed by atoms with Crippen molar-refractivity contribution in [1.82, 2.24) is 10.2 Å². The maximum atomic E-state index is 6.09. The van der Waals surface area contributed by atoms with Crippen molar-refractivity contribution in [2.75, 3.05) is 7.05 Å². The van der Waals surface area contributed by atoms with E-state index in [1.54, 1.807) is 0 Å². The molecule has 0 bridgehead atoms. The lowest BCUT2D eigenvalue weighted by atomic mass is 10.1. The lowest BCUT2D eigenvalue weighted by Gasteiger charge is -2.20. The molecule has 0 radical (unpaired) electrons. The molecule has 1 aliphatic rings. The average Bonchev–Trinajstić information content (AvgIpc) is 3.18. The summed E-state index contributed by atoms with van der Waals surface area (Å²) in [6.45, 7) is 6.21. The summed E-state index contributed by atoms with van der Waals surface area (Å²) < 4.78 is 6.09. The highest BCUT2D eigenvalue weighted by atomic mass is 16.3. The van der Waals surface area contributed by atoms with Crippen LogP contribution in [0.15, 0.2) is 28.7 Å². The molecule has 0 saturated heterocycles. The Balaban J connectivity index is 1.89. The lowest BCUT2D eigenvalue weighted by molar-refractivity contribution is 0.245. The van der Waals surface area contributed by atoms with Gasteiger partial charge in [-0.1, -0.05) is 18.2 Å². The summed E-state index contributed by atoms with van der Waals surface area (Å²) in [5.41, 5.74) is 2.34. The molecule has 3 heteroatoms. The van der Waals surface area contributed by atoms with Gasteiger partial charge in [-0.15, -0.1) is 0 Å². The fraction of sp³-hybridized carbons (Fsp3) is 0.529. The number of furan rings is 1. The van der Waals surface area contributed by atoms with E-state index in [0.29, 0.717) is 6.04 Å². The van der Waals surface area contributed by atoms with E-state index in [1.807, 2.05) is 6.07 Å². The van der Waals surface area contributed by atoms with Crippen LogP contribution in [0.2, 0.25) is 0 Å². The zero-order valence-corrected chi connectivity index (χ0v) is 12.6. The Kier molecular flexibility index (Phi) is 3.81. The third-order valence-corrected chi connectivity index (χ3v) is 4.20. The third-order valence-electron chi connectivity index (χ3n) is 4.20. The smallest absolute Gasteiger partial charge is 0.134 e. The van der Waals surface area contributed by atoms with Crippen molar-refractivity contribution in [3.8, 4) is 0 Å². The first-order valence-electron chi connectivity index (χ1n) is 7.58. The van der Waals surface area contributed by atoms with Gasteiger partial charge in [0.2, 0.25) is 0 Å². The number of nitrogens with zero attached hydrogens (tertiary/aromatic N) is 1. The van der Waals surface area contributed by atoms with Crippen LogP contribution in [0, 0.1) is 0 Å². The van der Waals surface area contributed by atoms with Gasteiger partial charge in [0, 0.05) is 29.6 Å². The van der Waals surface area contributed by atoms with E-state index in [9.17, 15) is 0 Å². The first-order chi connectivity index (χ1) is 9.65. The van der Waals surface area contributed by atoms with Crippen molar-refractivity contribution in [2.45, 2.75) is 51.9 Å². The Morgan fingerprint density at radius 3 is 2.75 bits per heavy atom. The molecular formula is C17H24N2O. The number of para-hydroxylation sites is 1. The summed E-state index contributed by atoms with van der Waals surface area (Å²) in [7, 11) is 2.15. The van der Waals surface area contributed by atoms with Gasteiger partial charge in [-0.05, 0) is 39.8 Å². The minimum Gasteiger partial charge on any atom is -0.459 e. The highest BCUT2D eigenvalue weighted by Gasteiger charge is 2.22. The van der Waals surface area contributed by atoms with E-state index >= 15 is 0 Å². The molecule has 108 valence electrons. The summed E-state index contributed by atoms with van der Waals surface area (Å²) >= 11 is 0. The summed E-state index contributed by atoms with van der Waals surface area (Å²) in [5, 5.41) is 4.87. The van der Waals surface area contributed by atoms with Gasteiger partial charge in [-0.25, -0.2) is 0 Å². The molecule has 1 heterocycles. The third kappa shape index (κ3) is 2.89. The maximum absolute atomic E-state index is 6.09. The average molecular weight is 272 g/mol. The van der Waals surface area contributed by atoms with Gasteiger partial charge < -0.3 is 9.73 Å². The van der Waals surface area contributed by atoms with E-state index in [4.69, 9.17) is 4.42 Å². The lowest BCUT2D eigenvalue weighted by Crippen LogP contribution is -2.26. The van der Waals surface area contributed by atoms with Crippen molar-refractivity contribution in [3.63, 3.8) is 0 Å². The SMILES string of the molecule is CC(C)N(C)Cc1oc2ccccc2c1CNC1CC1. The molecule has 1 saturated carbocycles. The van der Waals surface area contributed by atoms with E-state index in [-0.39, 0.29) is 0 Å². The molecule has 1 fully saturated rings. The van der Waals surface area contributed by atoms with Crippen molar-refractivity contribution in [2.24, 2.45) is 0 Å². The predicted octanol–water partition coefficient (Wildman–Crippen LogP) is 3.53. The van der Waals surface area contributed by atoms with E-state index in [0.717, 1.165) is 30.5 Å². The molecule has 0 aliphatic heterocycles.